The molecule has 122 valence electrons. The fourth-order valence-electron chi connectivity index (χ4n) is 1.84. The van der Waals surface area contributed by atoms with E-state index in [0.29, 0.717) is 18.2 Å². The maximum Gasteiger partial charge on any atom is 0.243 e. The molecule has 1 atom stereocenters. The Labute approximate surface area is 130 Å². The Morgan fingerprint density at radius 3 is 2.55 bits per heavy atom. The van der Waals surface area contributed by atoms with Gasteiger partial charge in [-0.25, -0.2) is 13.1 Å². The van der Waals surface area contributed by atoms with Crippen LogP contribution in [-0.2, 0) is 19.6 Å². The highest BCUT2D eigenvalue weighted by Crippen LogP contribution is 2.28. The third-order valence-corrected chi connectivity index (χ3v) is 4.81. The van der Waals surface area contributed by atoms with Gasteiger partial charge in [-0.3, -0.25) is 4.79 Å². The van der Waals surface area contributed by atoms with Gasteiger partial charge in [0, 0.05) is 19.3 Å². The minimum atomic E-state index is -3.49. The molecule has 1 fully saturated rings. The van der Waals surface area contributed by atoms with Gasteiger partial charge in [0.2, 0.25) is 15.9 Å². The van der Waals surface area contributed by atoms with Crippen LogP contribution in [0.5, 0.6) is 0 Å². The molecule has 0 radical (unpaired) electrons. The second-order valence-electron chi connectivity index (χ2n) is 5.37. The minimum absolute atomic E-state index is 0.114. The van der Waals surface area contributed by atoms with Crippen LogP contribution in [0.2, 0.25) is 0 Å². The Kier molecular flexibility index (Phi) is 5.52. The summed E-state index contributed by atoms with van der Waals surface area (Å²) in [5, 5.41) is 2.61. The first-order chi connectivity index (χ1) is 10.4. The van der Waals surface area contributed by atoms with E-state index in [0.717, 1.165) is 12.8 Å². The van der Waals surface area contributed by atoms with Crippen LogP contribution in [0.15, 0.2) is 29.2 Å². The zero-order chi connectivity index (χ0) is 16.2. The smallest absolute Gasteiger partial charge is 0.243 e. The van der Waals surface area contributed by atoms with Crippen LogP contribution in [0.25, 0.3) is 0 Å². The van der Waals surface area contributed by atoms with Crippen LogP contribution in [0.1, 0.15) is 12.8 Å². The summed E-state index contributed by atoms with van der Waals surface area (Å²) in [4.78, 5) is 11.9. The molecule has 0 saturated heterocycles. The van der Waals surface area contributed by atoms with E-state index in [9.17, 15) is 13.2 Å². The first-order valence-electron chi connectivity index (χ1n) is 7.07. The van der Waals surface area contributed by atoms with Crippen molar-refractivity contribution in [2.45, 2.75) is 23.8 Å². The summed E-state index contributed by atoms with van der Waals surface area (Å²) >= 11 is 0. The van der Waals surface area contributed by atoms with E-state index < -0.39 is 16.1 Å². The summed E-state index contributed by atoms with van der Waals surface area (Å²) in [5.41, 5.74) is 6.09. The van der Waals surface area contributed by atoms with Gasteiger partial charge in [0.05, 0.1) is 11.5 Å². The van der Waals surface area contributed by atoms with E-state index in [1.807, 2.05) is 0 Å². The second kappa shape index (κ2) is 7.19. The molecule has 1 aromatic rings. The number of methoxy groups -OCH3 is 1. The molecule has 0 bridgehead atoms. The number of rotatable bonds is 8. The Bertz CT molecular complexity index is 611. The van der Waals surface area contributed by atoms with Crippen molar-refractivity contribution in [3.05, 3.63) is 24.3 Å². The molecule has 1 aliphatic carbocycles. The number of hydrogen-bond acceptors (Lipinski definition) is 5. The number of carbonyl (C=O) groups excluding carboxylic acids is 1. The van der Waals surface area contributed by atoms with Crippen molar-refractivity contribution in [1.29, 1.82) is 0 Å². The first kappa shape index (κ1) is 16.9. The maximum atomic E-state index is 12.1. The fraction of sp³-hybridized carbons (Fsp3) is 0.500. The molecule has 1 amide bonds. The van der Waals surface area contributed by atoms with Crippen LogP contribution in [0.4, 0.5) is 5.69 Å². The molecule has 7 nitrogen and oxygen atoms in total. The molecule has 22 heavy (non-hydrogen) atoms. The van der Waals surface area contributed by atoms with Gasteiger partial charge in [-0.05, 0) is 43.0 Å². The van der Waals surface area contributed by atoms with Crippen LogP contribution >= 0.6 is 0 Å². The molecule has 1 aliphatic rings. The molecular formula is C14H21N3O4S. The van der Waals surface area contributed by atoms with Gasteiger partial charge in [0.25, 0.3) is 0 Å². The van der Waals surface area contributed by atoms with Gasteiger partial charge in [0.1, 0.15) is 6.04 Å². The van der Waals surface area contributed by atoms with E-state index in [1.165, 1.54) is 31.4 Å². The topological polar surface area (TPSA) is 111 Å². The average Bonchev–Trinajstić information content (AvgIpc) is 3.30. The summed E-state index contributed by atoms with van der Waals surface area (Å²) in [6.07, 6.45) is 2.16. The largest absolute Gasteiger partial charge is 0.383 e. The van der Waals surface area contributed by atoms with Crippen LogP contribution in [0, 0.1) is 5.92 Å². The Morgan fingerprint density at radius 1 is 1.36 bits per heavy atom. The van der Waals surface area contributed by atoms with Gasteiger partial charge >= 0.3 is 0 Å². The number of benzene rings is 1. The zero-order valence-electron chi connectivity index (χ0n) is 12.4. The van der Waals surface area contributed by atoms with Gasteiger partial charge in [-0.15, -0.1) is 0 Å². The molecule has 8 heteroatoms. The Balaban J connectivity index is 1.95. The number of carbonyl (C=O) groups is 1. The number of sulfonamides is 1. The molecule has 1 aromatic carbocycles. The maximum absolute atomic E-state index is 12.1. The lowest BCUT2D eigenvalue weighted by atomic mass is 10.2. The van der Waals surface area contributed by atoms with Crippen molar-refractivity contribution >= 4 is 21.6 Å². The van der Waals surface area contributed by atoms with Crippen molar-refractivity contribution < 1.29 is 17.9 Å². The van der Waals surface area contributed by atoms with E-state index in [4.69, 9.17) is 10.5 Å². The van der Waals surface area contributed by atoms with Gasteiger partial charge in [0.15, 0.2) is 0 Å². The normalized spacial score (nSPS) is 16.3. The van der Waals surface area contributed by atoms with E-state index >= 15 is 0 Å². The third kappa shape index (κ3) is 4.77. The molecular weight excluding hydrogens is 306 g/mol. The van der Waals surface area contributed by atoms with Crippen LogP contribution < -0.4 is 15.8 Å². The van der Waals surface area contributed by atoms with Crippen molar-refractivity contribution in [3.8, 4) is 0 Å². The highest BCUT2D eigenvalue weighted by atomic mass is 32.2. The average molecular weight is 327 g/mol. The minimum Gasteiger partial charge on any atom is -0.383 e. The third-order valence-electron chi connectivity index (χ3n) is 3.37. The molecule has 2 rings (SSSR count). The van der Waals surface area contributed by atoms with Crippen molar-refractivity contribution in [2.24, 2.45) is 11.7 Å². The first-order valence-corrected chi connectivity index (χ1v) is 8.56. The molecule has 0 aliphatic heterocycles. The zero-order valence-corrected chi connectivity index (χ0v) is 13.2. The number of nitrogens with one attached hydrogen (secondary N) is 2. The predicted molar refractivity (Wildman–Crippen MR) is 82.8 cm³/mol. The van der Waals surface area contributed by atoms with E-state index in [2.05, 4.69) is 10.0 Å². The summed E-state index contributed by atoms with van der Waals surface area (Å²) in [6.45, 7) is 0.593. The van der Waals surface area contributed by atoms with Gasteiger partial charge < -0.3 is 15.8 Å². The number of anilines is 1. The predicted octanol–water partition coefficient (Wildman–Crippen LogP) is 0.287. The highest BCUT2D eigenvalue weighted by Gasteiger charge is 2.24. The number of hydrogen-bond donors (Lipinski definition) is 3. The summed E-state index contributed by atoms with van der Waals surface area (Å²) in [7, 11) is -2.03. The monoisotopic (exact) mass is 327 g/mol. The summed E-state index contributed by atoms with van der Waals surface area (Å²) < 4.78 is 31.5. The lowest BCUT2D eigenvalue weighted by molar-refractivity contribution is -0.118. The van der Waals surface area contributed by atoms with Crippen molar-refractivity contribution in [1.82, 2.24) is 4.72 Å². The molecule has 4 N–H and O–H groups in total. The standard InChI is InChI=1S/C14H21N3O4S/c1-21-9-13(15)14(18)17-11-4-6-12(7-5-11)22(19,20)16-8-10-2-3-10/h4-7,10,13,16H,2-3,8-9,15H2,1H3,(H,17,18). The highest BCUT2D eigenvalue weighted by molar-refractivity contribution is 7.89. The van der Waals surface area contributed by atoms with E-state index in [1.54, 1.807) is 0 Å². The molecule has 1 saturated carbocycles. The molecule has 1 unspecified atom stereocenters. The van der Waals surface area contributed by atoms with Crippen molar-refractivity contribution in [3.63, 3.8) is 0 Å². The number of ether oxygens (including phenoxy) is 1. The van der Waals surface area contributed by atoms with Gasteiger partial charge in [-0.1, -0.05) is 0 Å². The SMILES string of the molecule is COCC(N)C(=O)Nc1ccc(S(=O)(=O)NCC2CC2)cc1. The van der Waals surface area contributed by atoms with Crippen LogP contribution in [-0.4, -0.2) is 40.6 Å². The summed E-state index contributed by atoms with van der Waals surface area (Å²) in [5.74, 6) is 0.0833. The quantitative estimate of drug-likeness (QED) is 0.635. The Hall–Kier alpha value is -1.48. The van der Waals surface area contributed by atoms with Gasteiger partial charge in [-0.2, -0.15) is 0 Å². The number of amides is 1. The Morgan fingerprint density at radius 2 is 2.00 bits per heavy atom. The molecule has 0 heterocycles. The lowest BCUT2D eigenvalue weighted by Gasteiger charge is -2.12. The fourth-order valence-corrected chi connectivity index (χ4v) is 2.96. The molecule has 0 spiro atoms. The lowest BCUT2D eigenvalue weighted by Crippen LogP contribution is -2.39. The van der Waals surface area contributed by atoms with Crippen LogP contribution in [0.3, 0.4) is 0 Å². The second-order valence-corrected chi connectivity index (χ2v) is 7.14. The molecule has 0 aromatic heterocycles. The summed E-state index contributed by atoms with van der Waals surface area (Å²) in [6, 6.07) is 5.19. The number of nitrogens with two attached hydrogens (primary N) is 1. The van der Waals surface area contributed by atoms with Crippen molar-refractivity contribution in [2.75, 3.05) is 25.6 Å². The van der Waals surface area contributed by atoms with E-state index in [-0.39, 0.29) is 17.4 Å².